The lowest BCUT2D eigenvalue weighted by molar-refractivity contribution is 0.114. The minimum Gasteiger partial charge on any atom is -0.497 e. The van der Waals surface area contributed by atoms with Crippen molar-refractivity contribution >= 4 is 18.1 Å². The van der Waals surface area contributed by atoms with Crippen molar-refractivity contribution in [3.05, 3.63) is 23.8 Å². The van der Waals surface area contributed by atoms with E-state index in [9.17, 15) is 0 Å². The average molecular weight is 343 g/mol. The van der Waals surface area contributed by atoms with Gasteiger partial charge in [0.25, 0.3) is 0 Å². The van der Waals surface area contributed by atoms with Crippen LogP contribution in [0.3, 0.4) is 0 Å². The van der Waals surface area contributed by atoms with Crippen LogP contribution in [-0.2, 0) is 4.84 Å². The molecule has 1 heterocycles. The molecule has 0 saturated carbocycles. The van der Waals surface area contributed by atoms with Crippen LogP contribution in [-0.4, -0.2) is 50.6 Å². The maximum Gasteiger partial charge on any atom is 0.129 e. The molecule has 0 amide bonds. The number of fused-ring (bicyclic) bond motifs is 1. The Hall–Kier alpha value is -1.46. The molecule has 6 heteroatoms. The lowest BCUT2D eigenvalue weighted by atomic mass is 10.1. The maximum atomic E-state index is 5.76. The molecule has 0 aromatic heterocycles. The van der Waals surface area contributed by atoms with Gasteiger partial charge in [-0.15, -0.1) is 12.4 Å². The highest BCUT2D eigenvalue weighted by Crippen LogP contribution is 2.28. The van der Waals surface area contributed by atoms with Crippen LogP contribution >= 0.6 is 12.4 Å². The number of benzene rings is 1. The van der Waals surface area contributed by atoms with E-state index in [1.807, 2.05) is 18.2 Å². The molecule has 2 rings (SSSR count). The molecule has 1 aromatic rings. The summed E-state index contributed by atoms with van der Waals surface area (Å²) in [5, 5.41) is 4.35. The average Bonchev–Trinajstić information content (AvgIpc) is 2.76. The standard InChI is InChI=1S/C17H26N2O3.ClH/c1-4-19(5-2)10-12-22-18-16-7-6-11-21-17-9-8-14(20-3)13-15(16)17;/h8-9,13H,4-7,10-12H2,1-3H3;1H/b18-16-;. The molecule has 130 valence electrons. The van der Waals surface area contributed by atoms with E-state index in [-0.39, 0.29) is 12.4 Å². The largest absolute Gasteiger partial charge is 0.497 e. The van der Waals surface area contributed by atoms with E-state index in [0.717, 1.165) is 55.3 Å². The van der Waals surface area contributed by atoms with Crippen LogP contribution in [0.1, 0.15) is 32.3 Å². The molecule has 0 N–H and O–H groups in total. The zero-order valence-electron chi connectivity index (χ0n) is 14.2. The van der Waals surface area contributed by atoms with Gasteiger partial charge < -0.3 is 19.2 Å². The topological polar surface area (TPSA) is 43.3 Å². The van der Waals surface area contributed by atoms with Gasteiger partial charge in [0.1, 0.15) is 18.1 Å². The molecule has 23 heavy (non-hydrogen) atoms. The predicted molar refractivity (Wildman–Crippen MR) is 95.2 cm³/mol. The van der Waals surface area contributed by atoms with Gasteiger partial charge >= 0.3 is 0 Å². The molecule has 1 aliphatic rings. The number of oxime groups is 1. The fourth-order valence-electron chi connectivity index (χ4n) is 2.47. The highest BCUT2D eigenvalue weighted by molar-refractivity contribution is 6.03. The highest BCUT2D eigenvalue weighted by atomic mass is 35.5. The fraction of sp³-hybridized carbons (Fsp3) is 0.588. The summed E-state index contributed by atoms with van der Waals surface area (Å²) in [6.07, 6.45) is 1.79. The van der Waals surface area contributed by atoms with Crippen molar-refractivity contribution in [2.75, 3.05) is 40.0 Å². The van der Waals surface area contributed by atoms with E-state index in [1.54, 1.807) is 7.11 Å². The minimum atomic E-state index is 0. The van der Waals surface area contributed by atoms with Gasteiger partial charge in [0, 0.05) is 12.1 Å². The summed E-state index contributed by atoms with van der Waals surface area (Å²) < 4.78 is 11.1. The van der Waals surface area contributed by atoms with Crippen molar-refractivity contribution in [2.45, 2.75) is 26.7 Å². The SMILES string of the molecule is CCN(CC)CCO/N=C1/CCCOc2ccc(OC)cc21.Cl. The van der Waals surface area contributed by atoms with Gasteiger partial charge in [-0.25, -0.2) is 0 Å². The van der Waals surface area contributed by atoms with Crippen LogP contribution in [0.15, 0.2) is 23.4 Å². The molecular formula is C17H27ClN2O3. The first kappa shape index (κ1) is 19.6. The number of likely N-dealkylation sites (N-methyl/N-ethyl adjacent to an activating group) is 1. The Bertz CT molecular complexity index is 505. The van der Waals surface area contributed by atoms with Crippen LogP contribution in [0, 0.1) is 0 Å². The third-order valence-electron chi connectivity index (χ3n) is 3.88. The van der Waals surface area contributed by atoms with Gasteiger partial charge in [0.2, 0.25) is 0 Å². The third kappa shape index (κ3) is 5.59. The van der Waals surface area contributed by atoms with Crippen LogP contribution < -0.4 is 9.47 Å². The minimum absolute atomic E-state index is 0. The van der Waals surface area contributed by atoms with E-state index in [4.69, 9.17) is 14.3 Å². The Kier molecular flexibility index (Phi) is 8.81. The van der Waals surface area contributed by atoms with Crippen LogP contribution in [0.2, 0.25) is 0 Å². The van der Waals surface area contributed by atoms with E-state index in [2.05, 4.69) is 23.9 Å². The number of hydrogen-bond donors (Lipinski definition) is 0. The summed E-state index contributed by atoms with van der Waals surface area (Å²) >= 11 is 0. The van der Waals surface area contributed by atoms with Crippen molar-refractivity contribution < 1.29 is 14.3 Å². The van der Waals surface area contributed by atoms with Gasteiger partial charge in [0.15, 0.2) is 0 Å². The number of methoxy groups -OCH3 is 1. The monoisotopic (exact) mass is 342 g/mol. The van der Waals surface area contributed by atoms with Crippen molar-refractivity contribution in [1.82, 2.24) is 4.90 Å². The first-order valence-electron chi connectivity index (χ1n) is 8.00. The van der Waals surface area contributed by atoms with Crippen LogP contribution in [0.5, 0.6) is 11.5 Å². The van der Waals surface area contributed by atoms with E-state index >= 15 is 0 Å². The Labute approximate surface area is 145 Å². The molecule has 5 nitrogen and oxygen atoms in total. The summed E-state index contributed by atoms with van der Waals surface area (Å²) in [7, 11) is 1.66. The smallest absolute Gasteiger partial charge is 0.129 e. The van der Waals surface area contributed by atoms with Crippen LogP contribution in [0.25, 0.3) is 0 Å². The summed E-state index contributed by atoms with van der Waals surface area (Å²) in [4.78, 5) is 7.86. The normalized spacial score (nSPS) is 15.4. The Morgan fingerprint density at radius 2 is 2.04 bits per heavy atom. The number of hydrogen-bond acceptors (Lipinski definition) is 5. The maximum absolute atomic E-state index is 5.76. The molecular weight excluding hydrogens is 316 g/mol. The molecule has 0 aliphatic carbocycles. The van der Waals surface area contributed by atoms with Crippen molar-refractivity contribution in [1.29, 1.82) is 0 Å². The lowest BCUT2D eigenvalue weighted by Crippen LogP contribution is -2.26. The number of halogens is 1. The van der Waals surface area contributed by atoms with Gasteiger partial charge in [-0.05, 0) is 44.1 Å². The summed E-state index contributed by atoms with van der Waals surface area (Å²) in [5.41, 5.74) is 1.91. The highest BCUT2D eigenvalue weighted by Gasteiger charge is 2.16. The molecule has 0 atom stereocenters. The van der Waals surface area contributed by atoms with Crippen molar-refractivity contribution in [3.63, 3.8) is 0 Å². The zero-order chi connectivity index (χ0) is 15.8. The van der Waals surface area contributed by atoms with Gasteiger partial charge in [0.05, 0.1) is 19.4 Å². The Balaban J connectivity index is 0.00000264. The molecule has 0 bridgehead atoms. The zero-order valence-corrected chi connectivity index (χ0v) is 15.0. The molecule has 0 radical (unpaired) electrons. The van der Waals surface area contributed by atoms with E-state index < -0.39 is 0 Å². The summed E-state index contributed by atoms with van der Waals surface area (Å²) in [6.45, 7) is 8.57. The van der Waals surface area contributed by atoms with Crippen molar-refractivity contribution in [3.8, 4) is 11.5 Å². The van der Waals surface area contributed by atoms with Gasteiger partial charge in [-0.1, -0.05) is 19.0 Å². The second-order valence-corrected chi connectivity index (χ2v) is 5.21. The fourth-order valence-corrected chi connectivity index (χ4v) is 2.47. The number of nitrogens with zero attached hydrogens (tertiary/aromatic N) is 2. The third-order valence-corrected chi connectivity index (χ3v) is 3.88. The number of rotatable bonds is 7. The molecule has 0 spiro atoms. The molecule has 0 saturated heterocycles. The van der Waals surface area contributed by atoms with E-state index in [1.165, 1.54) is 0 Å². The second-order valence-electron chi connectivity index (χ2n) is 5.21. The van der Waals surface area contributed by atoms with Crippen molar-refractivity contribution in [2.24, 2.45) is 5.16 Å². The number of ether oxygens (including phenoxy) is 2. The van der Waals surface area contributed by atoms with Gasteiger partial charge in [-0.3, -0.25) is 0 Å². The lowest BCUT2D eigenvalue weighted by Gasteiger charge is -2.16. The Morgan fingerprint density at radius 1 is 1.26 bits per heavy atom. The quantitative estimate of drug-likeness (QED) is 0.563. The summed E-state index contributed by atoms with van der Waals surface area (Å²) in [6, 6.07) is 5.81. The molecule has 1 aliphatic heterocycles. The van der Waals surface area contributed by atoms with Gasteiger partial charge in [-0.2, -0.15) is 0 Å². The summed E-state index contributed by atoms with van der Waals surface area (Å²) in [5.74, 6) is 1.66. The predicted octanol–water partition coefficient (Wildman–Crippen LogP) is 3.35. The van der Waals surface area contributed by atoms with Crippen LogP contribution in [0.4, 0.5) is 0 Å². The Morgan fingerprint density at radius 3 is 2.74 bits per heavy atom. The second kappa shape index (κ2) is 10.3. The molecule has 0 fully saturated rings. The molecule has 0 unspecified atom stereocenters. The first-order chi connectivity index (χ1) is 10.8. The first-order valence-corrected chi connectivity index (χ1v) is 8.00. The molecule has 1 aromatic carbocycles. The van der Waals surface area contributed by atoms with E-state index in [0.29, 0.717) is 13.2 Å².